The predicted molar refractivity (Wildman–Crippen MR) is 123 cm³/mol. The van der Waals surface area contributed by atoms with Crippen molar-refractivity contribution < 1.29 is 27.1 Å². The highest BCUT2D eigenvalue weighted by Gasteiger charge is 2.28. The van der Waals surface area contributed by atoms with E-state index >= 15 is 0 Å². The van der Waals surface area contributed by atoms with Crippen LogP contribution in [0, 0.1) is 5.82 Å². The summed E-state index contributed by atoms with van der Waals surface area (Å²) in [5.41, 5.74) is 0.632. The lowest BCUT2D eigenvalue weighted by Gasteiger charge is -2.24. The van der Waals surface area contributed by atoms with Gasteiger partial charge in [0, 0.05) is 16.2 Å². The van der Waals surface area contributed by atoms with Gasteiger partial charge in [0.15, 0.2) is 11.5 Å². The summed E-state index contributed by atoms with van der Waals surface area (Å²) in [6.07, 6.45) is 0. The highest BCUT2D eigenvalue weighted by atomic mass is 79.9. The van der Waals surface area contributed by atoms with Gasteiger partial charge in [0.1, 0.15) is 12.4 Å². The molecular formula is C22H20BrFN2O5S. The third-order valence-electron chi connectivity index (χ3n) is 4.47. The maximum atomic E-state index is 13.5. The Bertz CT molecular complexity index is 1200. The molecule has 1 amide bonds. The average Bonchev–Trinajstić information content (AvgIpc) is 2.79. The summed E-state index contributed by atoms with van der Waals surface area (Å²) in [4.78, 5) is 12.6. The van der Waals surface area contributed by atoms with Crippen molar-refractivity contribution >= 4 is 43.2 Å². The maximum absolute atomic E-state index is 13.5. The first kappa shape index (κ1) is 23.6. The van der Waals surface area contributed by atoms with E-state index in [1.54, 1.807) is 24.3 Å². The van der Waals surface area contributed by atoms with E-state index in [0.29, 0.717) is 11.4 Å². The SMILES string of the molecule is COc1ccc(S(=O)(=O)N(CC(=O)Nc2ccc(Br)cc2)c2ccc(F)cc2)cc1OC. The molecule has 0 aliphatic carbocycles. The van der Waals surface area contributed by atoms with Crippen LogP contribution in [-0.2, 0) is 14.8 Å². The molecule has 168 valence electrons. The monoisotopic (exact) mass is 522 g/mol. The van der Waals surface area contributed by atoms with E-state index in [1.165, 1.54) is 44.6 Å². The van der Waals surface area contributed by atoms with E-state index in [4.69, 9.17) is 9.47 Å². The molecule has 0 aliphatic heterocycles. The Balaban J connectivity index is 1.97. The number of carbonyl (C=O) groups is 1. The minimum atomic E-state index is -4.21. The van der Waals surface area contributed by atoms with Crippen LogP contribution < -0.4 is 19.1 Å². The van der Waals surface area contributed by atoms with Crippen LogP contribution >= 0.6 is 15.9 Å². The zero-order valence-corrected chi connectivity index (χ0v) is 19.6. The molecule has 3 aromatic rings. The topological polar surface area (TPSA) is 84.9 Å². The number of rotatable bonds is 8. The van der Waals surface area contributed by atoms with Crippen molar-refractivity contribution in [3.05, 3.63) is 77.0 Å². The van der Waals surface area contributed by atoms with Gasteiger partial charge in [-0.3, -0.25) is 9.10 Å². The molecule has 0 saturated heterocycles. The Kier molecular flexibility index (Phi) is 7.37. The zero-order chi connectivity index (χ0) is 23.3. The highest BCUT2D eigenvalue weighted by Crippen LogP contribution is 2.32. The van der Waals surface area contributed by atoms with Crippen LogP contribution in [0.1, 0.15) is 0 Å². The molecule has 7 nitrogen and oxygen atoms in total. The van der Waals surface area contributed by atoms with E-state index in [9.17, 15) is 17.6 Å². The molecule has 10 heteroatoms. The summed E-state index contributed by atoms with van der Waals surface area (Å²) in [6.45, 7) is -0.529. The highest BCUT2D eigenvalue weighted by molar-refractivity contribution is 9.10. The van der Waals surface area contributed by atoms with Gasteiger partial charge in [-0.05, 0) is 60.7 Å². The van der Waals surface area contributed by atoms with E-state index in [0.717, 1.165) is 20.9 Å². The van der Waals surface area contributed by atoms with Gasteiger partial charge in [-0.25, -0.2) is 12.8 Å². The third-order valence-corrected chi connectivity index (χ3v) is 6.77. The molecule has 1 N–H and O–H groups in total. The number of amides is 1. The minimum absolute atomic E-state index is 0.115. The fourth-order valence-corrected chi connectivity index (χ4v) is 4.59. The van der Waals surface area contributed by atoms with Crippen LogP contribution in [0.2, 0.25) is 0 Å². The second-order valence-electron chi connectivity index (χ2n) is 6.56. The number of methoxy groups -OCH3 is 2. The lowest BCUT2D eigenvalue weighted by molar-refractivity contribution is -0.114. The largest absolute Gasteiger partial charge is 0.493 e. The molecule has 0 radical (unpaired) electrons. The second-order valence-corrected chi connectivity index (χ2v) is 9.34. The van der Waals surface area contributed by atoms with E-state index in [1.807, 2.05) is 0 Å². The van der Waals surface area contributed by atoms with Crippen LogP contribution in [0.15, 0.2) is 76.1 Å². The lowest BCUT2D eigenvalue weighted by atomic mass is 10.3. The van der Waals surface area contributed by atoms with Gasteiger partial charge < -0.3 is 14.8 Å². The Morgan fingerprint density at radius 2 is 1.59 bits per heavy atom. The molecule has 0 spiro atoms. The Hall–Kier alpha value is -3.11. The normalized spacial score (nSPS) is 11.0. The van der Waals surface area contributed by atoms with Crippen LogP contribution in [0.25, 0.3) is 0 Å². The fourth-order valence-electron chi connectivity index (χ4n) is 2.89. The summed E-state index contributed by atoms with van der Waals surface area (Å²) in [5.74, 6) is -0.531. The van der Waals surface area contributed by atoms with Crippen molar-refractivity contribution in [2.45, 2.75) is 4.90 Å². The van der Waals surface area contributed by atoms with Gasteiger partial charge in [0.05, 0.1) is 24.8 Å². The summed E-state index contributed by atoms with van der Waals surface area (Å²) < 4.78 is 52.5. The van der Waals surface area contributed by atoms with Gasteiger partial charge in [-0.15, -0.1) is 0 Å². The van der Waals surface area contributed by atoms with Gasteiger partial charge >= 0.3 is 0 Å². The number of nitrogens with one attached hydrogen (secondary N) is 1. The number of hydrogen-bond donors (Lipinski definition) is 1. The molecule has 3 aromatic carbocycles. The molecule has 32 heavy (non-hydrogen) atoms. The molecule has 0 aromatic heterocycles. The quantitative estimate of drug-likeness (QED) is 0.472. The van der Waals surface area contributed by atoms with Gasteiger partial charge in [-0.1, -0.05) is 15.9 Å². The van der Waals surface area contributed by atoms with Crippen molar-refractivity contribution in [1.29, 1.82) is 0 Å². The number of sulfonamides is 1. The summed E-state index contributed by atoms with van der Waals surface area (Å²) in [6, 6.07) is 15.8. The number of carbonyl (C=O) groups excluding carboxylic acids is 1. The van der Waals surface area contributed by atoms with Crippen molar-refractivity contribution in [3.63, 3.8) is 0 Å². The standard InChI is InChI=1S/C22H20BrFN2O5S/c1-30-20-12-11-19(13-21(20)31-2)32(28,29)26(18-9-5-16(24)6-10-18)14-22(27)25-17-7-3-15(23)4-8-17/h3-13H,14H2,1-2H3,(H,25,27). The fraction of sp³-hybridized carbons (Fsp3) is 0.136. The smallest absolute Gasteiger partial charge is 0.264 e. The van der Waals surface area contributed by atoms with Crippen LogP contribution in [0.3, 0.4) is 0 Å². The number of ether oxygens (including phenoxy) is 2. The first-order valence-electron chi connectivity index (χ1n) is 9.30. The first-order chi connectivity index (χ1) is 15.2. The number of hydrogen-bond acceptors (Lipinski definition) is 5. The van der Waals surface area contributed by atoms with Gasteiger partial charge in [0.2, 0.25) is 5.91 Å². The number of halogens is 2. The molecule has 3 rings (SSSR count). The molecule has 0 fully saturated rings. The lowest BCUT2D eigenvalue weighted by Crippen LogP contribution is -2.38. The molecule has 0 atom stereocenters. The summed E-state index contributed by atoms with van der Waals surface area (Å²) >= 11 is 3.31. The van der Waals surface area contributed by atoms with E-state index in [-0.39, 0.29) is 16.3 Å². The van der Waals surface area contributed by atoms with Crippen molar-refractivity contribution in [2.75, 3.05) is 30.4 Å². The van der Waals surface area contributed by atoms with E-state index < -0.39 is 28.3 Å². The second kappa shape index (κ2) is 10.0. The van der Waals surface area contributed by atoms with Gasteiger partial charge in [-0.2, -0.15) is 0 Å². The number of benzene rings is 3. The van der Waals surface area contributed by atoms with Crippen molar-refractivity contribution in [1.82, 2.24) is 0 Å². The third kappa shape index (κ3) is 5.38. The molecule has 0 heterocycles. The Morgan fingerprint density at radius 1 is 0.969 bits per heavy atom. The molecule has 0 saturated carbocycles. The average molecular weight is 523 g/mol. The molecule has 0 bridgehead atoms. The molecule has 0 aliphatic rings. The first-order valence-corrected chi connectivity index (χ1v) is 11.5. The Morgan fingerprint density at radius 3 is 2.19 bits per heavy atom. The number of anilines is 2. The summed E-state index contributed by atoms with van der Waals surface area (Å²) in [7, 11) is -1.39. The van der Waals surface area contributed by atoms with E-state index in [2.05, 4.69) is 21.2 Å². The van der Waals surface area contributed by atoms with Crippen molar-refractivity contribution in [2.24, 2.45) is 0 Å². The molecule has 0 unspecified atom stereocenters. The predicted octanol–water partition coefficient (Wildman–Crippen LogP) is 4.44. The molecular weight excluding hydrogens is 503 g/mol. The summed E-state index contributed by atoms with van der Waals surface area (Å²) in [5, 5.41) is 2.66. The maximum Gasteiger partial charge on any atom is 0.264 e. The van der Waals surface area contributed by atoms with Crippen LogP contribution in [0.5, 0.6) is 11.5 Å². The van der Waals surface area contributed by atoms with Crippen LogP contribution in [-0.4, -0.2) is 35.1 Å². The van der Waals surface area contributed by atoms with Crippen LogP contribution in [0.4, 0.5) is 15.8 Å². The number of nitrogens with zero attached hydrogens (tertiary/aromatic N) is 1. The van der Waals surface area contributed by atoms with Crippen molar-refractivity contribution in [3.8, 4) is 11.5 Å². The van der Waals surface area contributed by atoms with Gasteiger partial charge in [0.25, 0.3) is 10.0 Å². The zero-order valence-electron chi connectivity index (χ0n) is 17.2. The minimum Gasteiger partial charge on any atom is -0.493 e. The Labute approximate surface area is 193 Å².